The maximum absolute atomic E-state index is 12.9. The van der Waals surface area contributed by atoms with E-state index in [1.807, 2.05) is 24.4 Å². The third kappa shape index (κ3) is 5.40. The molecule has 35 heavy (non-hydrogen) atoms. The Morgan fingerprint density at radius 2 is 1.89 bits per heavy atom. The van der Waals surface area contributed by atoms with Crippen molar-refractivity contribution in [1.82, 2.24) is 24.4 Å². The average Bonchev–Trinajstić information content (AvgIpc) is 3.44. The van der Waals surface area contributed by atoms with Crippen LogP contribution in [0.15, 0.2) is 30.6 Å². The molecular weight excluding hydrogens is 456 g/mol. The number of anilines is 2. The number of amides is 1. The smallest absolute Gasteiger partial charge is 0.270 e. The highest BCUT2D eigenvalue weighted by Crippen LogP contribution is 2.37. The van der Waals surface area contributed by atoms with Gasteiger partial charge in [0.25, 0.3) is 5.91 Å². The summed E-state index contributed by atoms with van der Waals surface area (Å²) in [6.45, 7) is 11.8. The second kappa shape index (κ2) is 9.70. The zero-order valence-electron chi connectivity index (χ0n) is 22.1. The second-order valence-electron chi connectivity index (χ2n) is 11.2. The van der Waals surface area contributed by atoms with Gasteiger partial charge in [-0.1, -0.05) is 39.7 Å². The van der Waals surface area contributed by atoms with Crippen LogP contribution in [0.5, 0.6) is 0 Å². The van der Waals surface area contributed by atoms with E-state index in [1.54, 1.807) is 25.2 Å². The number of hydrogen-bond acceptors (Lipinski definition) is 6. The minimum absolute atomic E-state index is 0.0124. The Balaban J connectivity index is 1.55. The number of carbonyl (C=O) groups excluding carboxylic acids is 1. The number of carbonyl (C=O) groups is 1. The van der Waals surface area contributed by atoms with Crippen LogP contribution >= 0.6 is 0 Å². The van der Waals surface area contributed by atoms with E-state index in [9.17, 15) is 4.79 Å². The van der Waals surface area contributed by atoms with Gasteiger partial charge in [-0.3, -0.25) is 4.79 Å². The summed E-state index contributed by atoms with van der Waals surface area (Å²) >= 11 is 0. The summed E-state index contributed by atoms with van der Waals surface area (Å²) in [7, 11) is 1.75. The lowest BCUT2D eigenvalue weighted by molar-refractivity contribution is 0.0815. The summed E-state index contributed by atoms with van der Waals surface area (Å²) in [5, 5.41) is 4.27. The molecule has 1 N–H and O–H groups in total. The van der Waals surface area contributed by atoms with E-state index in [0.717, 1.165) is 29.4 Å². The number of nitrogens with one attached hydrogen (secondary N) is 1. The van der Waals surface area contributed by atoms with Crippen LogP contribution in [-0.2, 0) is 11.0 Å². The summed E-state index contributed by atoms with van der Waals surface area (Å²) in [6, 6.07) is 6.15. The Labute approximate surface area is 209 Å². The lowest BCUT2D eigenvalue weighted by Crippen LogP contribution is -2.40. The third-order valence-corrected chi connectivity index (χ3v) is 11.8. The predicted molar refractivity (Wildman–Crippen MR) is 143 cm³/mol. The molecule has 8 nitrogen and oxygen atoms in total. The van der Waals surface area contributed by atoms with Gasteiger partial charge in [0.05, 0.1) is 6.61 Å². The van der Waals surface area contributed by atoms with Crippen molar-refractivity contribution >= 4 is 37.0 Å². The zero-order valence-corrected chi connectivity index (χ0v) is 23.1. The normalized spacial score (nSPS) is 15.1. The zero-order chi connectivity index (χ0) is 25.4. The minimum Gasteiger partial charge on any atom is -0.413 e. The van der Waals surface area contributed by atoms with E-state index in [2.05, 4.69) is 53.7 Å². The summed E-state index contributed by atoms with van der Waals surface area (Å²) in [5.41, 5.74) is 2.50. The van der Waals surface area contributed by atoms with Crippen molar-refractivity contribution in [3.63, 3.8) is 0 Å². The SMILES string of the molecule is CN(C)C(=O)c1cc2cnc(Nc3ccc(CO[Si](C)(C)C(C)(C)C)cn3)nc2n1C1CCCC1. The maximum Gasteiger partial charge on any atom is 0.270 e. The van der Waals surface area contributed by atoms with E-state index in [1.165, 1.54) is 12.8 Å². The monoisotopic (exact) mass is 494 g/mol. The van der Waals surface area contributed by atoms with Crippen molar-refractivity contribution < 1.29 is 9.22 Å². The quantitative estimate of drug-likeness (QED) is 0.411. The molecule has 3 aromatic rings. The number of nitrogens with zero attached hydrogens (tertiary/aromatic N) is 5. The first kappa shape index (κ1) is 25.3. The number of pyridine rings is 1. The molecule has 188 valence electrons. The topological polar surface area (TPSA) is 85.2 Å². The van der Waals surface area contributed by atoms with Crippen molar-refractivity contribution in [2.75, 3.05) is 19.4 Å². The molecule has 1 amide bonds. The summed E-state index contributed by atoms with van der Waals surface area (Å²) in [4.78, 5) is 28.4. The van der Waals surface area contributed by atoms with Crippen LogP contribution in [0.4, 0.5) is 11.8 Å². The molecule has 0 saturated heterocycles. The van der Waals surface area contributed by atoms with Crippen LogP contribution < -0.4 is 5.32 Å². The molecule has 0 atom stereocenters. The third-order valence-electron chi connectivity index (χ3n) is 7.36. The van der Waals surface area contributed by atoms with Crippen molar-refractivity contribution in [1.29, 1.82) is 0 Å². The number of fused-ring (bicyclic) bond motifs is 1. The Kier molecular flexibility index (Phi) is 7.01. The minimum atomic E-state index is -1.81. The number of rotatable bonds is 7. The van der Waals surface area contributed by atoms with E-state index in [-0.39, 0.29) is 17.0 Å². The molecule has 4 rings (SSSR count). The molecule has 0 spiro atoms. The standard InChI is InChI=1S/C26H38N6O2Si/c1-26(2,3)35(6,7)34-17-18-12-13-22(27-15-18)29-25-28-16-19-14-21(24(33)31(4)5)32(23(19)30-25)20-10-8-9-11-20/h12-16,20H,8-11,17H2,1-7H3,(H,27,28,29,30). The molecule has 1 saturated carbocycles. The van der Waals surface area contributed by atoms with Gasteiger partial charge in [-0.2, -0.15) is 4.98 Å². The summed E-state index contributed by atoms with van der Waals surface area (Å²) in [5.74, 6) is 1.13. The molecule has 3 aromatic heterocycles. The van der Waals surface area contributed by atoms with Gasteiger partial charge < -0.3 is 19.2 Å². The first-order valence-electron chi connectivity index (χ1n) is 12.4. The summed E-state index contributed by atoms with van der Waals surface area (Å²) in [6.07, 6.45) is 8.08. The van der Waals surface area contributed by atoms with E-state index in [4.69, 9.17) is 9.41 Å². The van der Waals surface area contributed by atoms with Gasteiger partial charge in [-0.25, -0.2) is 9.97 Å². The Hall–Kier alpha value is -2.78. The molecule has 1 aliphatic rings. The maximum atomic E-state index is 12.9. The number of aromatic nitrogens is 4. The van der Waals surface area contributed by atoms with Crippen LogP contribution in [0.3, 0.4) is 0 Å². The van der Waals surface area contributed by atoms with Gasteiger partial charge in [0.2, 0.25) is 5.95 Å². The Morgan fingerprint density at radius 3 is 2.49 bits per heavy atom. The van der Waals surface area contributed by atoms with Crippen LogP contribution in [0.1, 0.15) is 68.5 Å². The lowest BCUT2D eigenvalue weighted by atomic mass is 10.2. The lowest BCUT2D eigenvalue weighted by Gasteiger charge is -2.36. The molecule has 1 fully saturated rings. The van der Waals surface area contributed by atoms with E-state index in [0.29, 0.717) is 24.1 Å². The van der Waals surface area contributed by atoms with Gasteiger partial charge in [0.1, 0.15) is 17.2 Å². The van der Waals surface area contributed by atoms with Crippen molar-refractivity contribution in [2.24, 2.45) is 0 Å². The second-order valence-corrected chi connectivity index (χ2v) is 16.0. The Bertz CT molecular complexity index is 1190. The fraction of sp³-hybridized carbons (Fsp3) is 0.538. The molecular formula is C26H38N6O2Si. The Morgan fingerprint density at radius 1 is 1.17 bits per heavy atom. The molecule has 0 unspecified atom stereocenters. The first-order chi connectivity index (χ1) is 16.5. The van der Waals surface area contributed by atoms with E-state index >= 15 is 0 Å². The van der Waals surface area contributed by atoms with Crippen molar-refractivity contribution in [3.8, 4) is 0 Å². The van der Waals surface area contributed by atoms with Crippen molar-refractivity contribution in [3.05, 3.63) is 41.9 Å². The van der Waals surface area contributed by atoms with Gasteiger partial charge in [0, 0.05) is 37.9 Å². The van der Waals surface area contributed by atoms with Crippen LogP contribution in [0.2, 0.25) is 18.1 Å². The fourth-order valence-electron chi connectivity index (χ4n) is 4.17. The molecule has 0 aromatic carbocycles. The predicted octanol–water partition coefficient (Wildman–Crippen LogP) is 5.91. The molecule has 3 heterocycles. The summed E-state index contributed by atoms with van der Waals surface area (Å²) < 4.78 is 8.42. The highest BCUT2D eigenvalue weighted by molar-refractivity contribution is 6.74. The average molecular weight is 495 g/mol. The first-order valence-corrected chi connectivity index (χ1v) is 15.3. The highest BCUT2D eigenvalue weighted by Gasteiger charge is 2.37. The molecule has 0 radical (unpaired) electrons. The van der Waals surface area contributed by atoms with Gasteiger partial charge in [-0.05, 0) is 48.7 Å². The highest BCUT2D eigenvalue weighted by atomic mass is 28.4. The number of hydrogen-bond donors (Lipinski definition) is 1. The van der Waals surface area contributed by atoms with Gasteiger partial charge in [-0.15, -0.1) is 0 Å². The van der Waals surface area contributed by atoms with Gasteiger partial charge >= 0.3 is 0 Å². The molecule has 0 bridgehead atoms. The van der Waals surface area contributed by atoms with Crippen LogP contribution in [-0.4, -0.2) is 52.7 Å². The van der Waals surface area contributed by atoms with Gasteiger partial charge in [0.15, 0.2) is 8.32 Å². The molecule has 9 heteroatoms. The molecule has 0 aliphatic heterocycles. The fourth-order valence-corrected chi connectivity index (χ4v) is 5.13. The van der Waals surface area contributed by atoms with E-state index < -0.39 is 8.32 Å². The van der Waals surface area contributed by atoms with Crippen LogP contribution in [0, 0.1) is 0 Å². The van der Waals surface area contributed by atoms with Crippen molar-refractivity contribution in [2.45, 2.75) is 77.2 Å². The largest absolute Gasteiger partial charge is 0.413 e. The molecule has 1 aliphatic carbocycles. The van der Waals surface area contributed by atoms with Crippen LogP contribution in [0.25, 0.3) is 11.0 Å².